The molecule has 1 N–H and O–H groups in total. The normalized spacial score (nSPS) is 16.3. The molecule has 160 valence electrons. The number of nitrogens with zero attached hydrogens (tertiary/aromatic N) is 2. The predicted molar refractivity (Wildman–Crippen MR) is 121 cm³/mol. The molecule has 0 saturated carbocycles. The molecule has 2 aromatic carbocycles. The summed E-state index contributed by atoms with van der Waals surface area (Å²) in [5.74, 6) is -0.488. The van der Waals surface area contributed by atoms with Crippen LogP contribution in [0.2, 0.25) is 0 Å². The van der Waals surface area contributed by atoms with Crippen LogP contribution in [0.3, 0.4) is 0 Å². The highest BCUT2D eigenvalue weighted by Crippen LogP contribution is 2.38. The molecule has 0 bridgehead atoms. The SMILES string of the molecule is CC(=O)Nc1ccc(C2=C(N3CCCc4ccccc43)C(=O)N(CC(C)C)C2=O)cc1. The third-order valence-electron chi connectivity index (χ3n) is 5.57. The Morgan fingerprint density at radius 2 is 1.74 bits per heavy atom. The Labute approximate surface area is 182 Å². The first-order chi connectivity index (χ1) is 14.9. The van der Waals surface area contributed by atoms with Crippen molar-refractivity contribution >= 4 is 34.7 Å². The van der Waals surface area contributed by atoms with Gasteiger partial charge in [-0.3, -0.25) is 19.3 Å². The third-order valence-corrected chi connectivity index (χ3v) is 5.57. The van der Waals surface area contributed by atoms with Gasteiger partial charge in [0.05, 0.1) is 5.57 Å². The summed E-state index contributed by atoms with van der Waals surface area (Å²) in [7, 11) is 0. The highest BCUT2D eigenvalue weighted by molar-refractivity contribution is 6.36. The van der Waals surface area contributed by atoms with Gasteiger partial charge < -0.3 is 10.2 Å². The van der Waals surface area contributed by atoms with Gasteiger partial charge in [-0.1, -0.05) is 44.2 Å². The van der Waals surface area contributed by atoms with E-state index in [2.05, 4.69) is 11.4 Å². The van der Waals surface area contributed by atoms with E-state index in [4.69, 9.17) is 0 Å². The van der Waals surface area contributed by atoms with Crippen molar-refractivity contribution in [3.8, 4) is 0 Å². The maximum atomic E-state index is 13.5. The van der Waals surface area contributed by atoms with Gasteiger partial charge in [0.2, 0.25) is 5.91 Å². The molecule has 0 unspecified atom stereocenters. The van der Waals surface area contributed by atoms with Crippen molar-refractivity contribution in [1.29, 1.82) is 0 Å². The van der Waals surface area contributed by atoms with Gasteiger partial charge in [0.25, 0.3) is 11.8 Å². The molecule has 4 rings (SSSR count). The molecule has 0 aliphatic carbocycles. The fraction of sp³-hybridized carbons (Fsp3) is 0.320. The van der Waals surface area contributed by atoms with E-state index in [1.54, 1.807) is 24.3 Å². The monoisotopic (exact) mass is 417 g/mol. The van der Waals surface area contributed by atoms with Crippen molar-refractivity contribution in [2.45, 2.75) is 33.6 Å². The average molecular weight is 418 g/mol. The molecule has 0 saturated heterocycles. The predicted octanol–water partition coefficient (Wildman–Crippen LogP) is 3.83. The molecule has 2 aromatic rings. The number of para-hydroxylation sites is 1. The minimum Gasteiger partial charge on any atom is -0.336 e. The number of nitrogens with one attached hydrogen (secondary N) is 1. The maximum absolute atomic E-state index is 13.5. The Kier molecular flexibility index (Phi) is 5.63. The average Bonchev–Trinajstić information content (AvgIpc) is 2.98. The van der Waals surface area contributed by atoms with E-state index in [1.165, 1.54) is 17.4 Å². The van der Waals surface area contributed by atoms with Crippen LogP contribution in [0.1, 0.15) is 38.3 Å². The zero-order chi connectivity index (χ0) is 22.1. The van der Waals surface area contributed by atoms with Crippen LogP contribution >= 0.6 is 0 Å². The van der Waals surface area contributed by atoms with Crippen LogP contribution < -0.4 is 10.2 Å². The van der Waals surface area contributed by atoms with Crippen molar-refractivity contribution < 1.29 is 14.4 Å². The van der Waals surface area contributed by atoms with Gasteiger partial charge in [-0.25, -0.2) is 0 Å². The zero-order valence-electron chi connectivity index (χ0n) is 18.1. The minimum atomic E-state index is -0.260. The maximum Gasteiger partial charge on any atom is 0.278 e. The molecule has 2 aliphatic heterocycles. The number of fused-ring (bicyclic) bond motifs is 1. The van der Waals surface area contributed by atoms with Crippen LogP contribution in [0.4, 0.5) is 11.4 Å². The highest BCUT2D eigenvalue weighted by Gasteiger charge is 2.42. The smallest absolute Gasteiger partial charge is 0.278 e. The lowest BCUT2D eigenvalue weighted by Crippen LogP contribution is -2.38. The first kappa shape index (κ1) is 20.8. The Morgan fingerprint density at radius 1 is 1.03 bits per heavy atom. The van der Waals surface area contributed by atoms with Crippen LogP contribution in [0, 0.1) is 5.92 Å². The summed E-state index contributed by atoms with van der Waals surface area (Å²) in [6.07, 6.45) is 1.87. The zero-order valence-corrected chi connectivity index (χ0v) is 18.1. The van der Waals surface area contributed by atoms with E-state index in [0.29, 0.717) is 35.6 Å². The number of benzene rings is 2. The van der Waals surface area contributed by atoms with Gasteiger partial charge >= 0.3 is 0 Å². The van der Waals surface area contributed by atoms with E-state index in [0.717, 1.165) is 18.5 Å². The summed E-state index contributed by atoms with van der Waals surface area (Å²) in [5, 5.41) is 2.74. The van der Waals surface area contributed by atoms with Gasteiger partial charge in [-0.05, 0) is 48.1 Å². The van der Waals surface area contributed by atoms with Gasteiger partial charge in [-0.15, -0.1) is 0 Å². The molecule has 0 spiro atoms. The molecule has 3 amide bonds. The van der Waals surface area contributed by atoms with Crippen molar-refractivity contribution in [1.82, 2.24) is 4.90 Å². The summed E-state index contributed by atoms with van der Waals surface area (Å²) in [5.41, 5.74) is 4.38. The second kappa shape index (κ2) is 8.38. The van der Waals surface area contributed by atoms with E-state index in [9.17, 15) is 14.4 Å². The lowest BCUT2D eigenvalue weighted by atomic mass is 9.98. The van der Waals surface area contributed by atoms with Gasteiger partial charge in [0, 0.05) is 31.4 Å². The highest BCUT2D eigenvalue weighted by atomic mass is 16.2. The lowest BCUT2D eigenvalue weighted by molar-refractivity contribution is -0.137. The number of carbonyl (C=O) groups is 3. The topological polar surface area (TPSA) is 69.7 Å². The Balaban J connectivity index is 1.82. The second-order valence-electron chi connectivity index (χ2n) is 8.48. The molecule has 0 radical (unpaired) electrons. The summed E-state index contributed by atoms with van der Waals surface area (Å²) < 4.78 is 0. The largest absolute Gasteiger partial charge is 0.336 e. The van der Waals surface area contributed by atoms with Gasteiger partial charge in [0.1, 0.15) is 5.70 Å². The summed E-state index contributed by atoms with van der Waals surface area (Å²) in [4.78, 5) is 41.7. The number of rotatable bonds is 5. The number of carbonyl (C=O) groups excluding carboxylic acids is 3. The lowest BCUT2D eigenvalue weighted by Gasteiger charge is -2.32. The van der Waals surface area contributed by atoms with Crippen LogP contribution in [0.15, 0.2) is 54.2 Å². The molecule has 6 nitrogen and oxygen atoms in total. The van der Waals surface area contributed by atoms with Crippen LogP contribution in [0.25, 0.3) is 5.57 Å². The molecular weight excluding hydrogens is 390 g/mol. The summed E-state index contributed by atoms with van der Waals surface area (Å²) in [6, 6.07) is 15.2. The Bertz CT molecular complexity index is 1070. The third kappa shape index (κ3) is 3.98. The molecule has 2 heterocycles. The molecule has 0 aromatic heterocycles. The molecule has 0 fully saturated rings. The van der Waals surface area contributed by atoms with E-state index in [1.807, 2.05) is 36.9 Å². The molecule has 0 atom stereocenters. The van der Waals surface area contributed by atoms with Crippen LogP contribution in [-0.4, -0.2) is 35.7 Å². The van der Waals surface area contributed by atoms with Gasteiger partial charge in [-0.2, -0.15) is 0 Å². The van der Waals surface area contributed by atoms with Gasteiger partial charge in [0.15, 0.2) is 0 Å². The number of anilines is 2. The number of hydrogen-bond acceptors (Lipinski definition) is 4. The number of aryl methyl sites for hydroxylation is 1. The van der Waals surface area contributed by atoms with Crippen LogP contribution in [-0.2, 0) is 20.8 Å². The fourth-order valence-corrected chi connectivity index (χ4v) is 4.29. The Hall–Kier alpha value is -3.41. The molecule has 6 heteroatoms. The standard InChI is InChI=1S/C25H27N3O3/c1-16(2)15-28-24(30)22(19-10-12-20(13-11-19)26-17(3)29)23(25(28)31)27-14-6-8-18-7-4-5-9-21(18)27/h4-5,7,9-13,16H,6,8,14-15H2,1-3H3,(H,26,29). The van der Waals surface area contributed by atoms with Crippen molar-refractivity contribution in [2.75, 3.05) is 23.3 Å². The first-order valence-electron chi connectivity index (χ1n) is 10.7. The number of hydrogen-bond donors (Lipinski definition) is 1. The number of imide groups is 1. The molecule has 2 aliphatic rings. The second-order valence-corrected chi connectivity index (χ2v) is 8.48. The summed E-state index contributed by atoms with van der Waals surface area (Å²) >= 11 is 0. The van der Waals surface area contributed by atoms with Crippen molar-refractivity contribution in [3.05, 3.63) is 65.4 Å². The van der Waals surface area contributed by atoms with E-state index >= 15 is 0 Å². The van der Waals surface area contributed by atoms with Crippen molar-refractivity contribution in [2.24, 2.45) is 5.92 Å². The molecule has 31 heavy (non-hydrogen) atoms. The molecular formula is C25H27N3O3. The summed E-state index contributed by atoms with van der Waals surface area (Å²) in [6.45, 7) is 6.51. The minimum absolute atomic E-state index is 0.159. The fourth-order valence-electron chi connectivity index (χ4n) is 4.29. The van der Waals surface area contributed by atoms with E-state index < -0.39 is 0 Å². The van der Waals surface area contributed by atoms with Crippen LogP contribution in [0.5, 0.6) is 0 Å². The van der Waals surface area contributed by atoms with Crippen molar-refractivity contribution in [3.63, 3.8) is 0 Å². The first-order valence-corrected chi connectivity index (χ1v) is 10.7. The Morgan fingerprint density at radius 3 is 2.42 bits per heavy atom. The quantitative estimate of drug-likeness (QED) is 0.751. The number of amides is 3. The van der Waals surface area contributed by atoms with E-state index in [-0.39, 0.29) is 23.6 Å².